The molecule has 1 saturated carbocycles. The molecule has 8 nitrogen and oxygen atoms in total. The van der Waals surface area contributed by atoms with Gasteiger partial charge in [-0.15, -0.1) is 0 Å². The van der Waals surface area contributed by atoms with Crippen molar-refractivity contribution in [1.82, 2.24) is 20.4 Å². The van der Waals surface area contributed by atoms with Crippen molar-refractivity contribution in [2.45, 2.75) is 56.9 Å². The first-order valence-electron chi connectivity index (χ1n) is 10.9. The zero-order chi connectivity index (χ0) is 23.4. The monoisotopic (exact) mass is 464 g/mol. The Labute approximate surface area is 187 Å². The molecule has 1 N–H and O–H groups in total. The molecule has 2 fully saturated rings. The fourth-order valence-electron chi connectivity index (χ4n) is 4.90. The largest absolute Gasteiger partial charge is 0.471 e. The van der Waals surface area contributed by atoms with Gasteiger partial charge in [-0.05, 0) is 31.4 Å². The average Bonchev–Trinajstić information content (AvgIpc) is 3.32. The number of ether oxygens (including phenoxy) is 1. The summed E-state index contributed by atoms with van der Waals surface area (Å²) in [5, 5.41) is 6.58. The fourth-order valence-corrected chi connectivity index (χ4v) is 4.90. The van der Waals surface area contributed by atoms with Crippen molar-refractivity contribution < 1.29 is 32.0 Å². The number of rotatable bonds is 4. The van der Waals surface area contributed by atoms with E-state index in [-0.39, 0.29) is 35.2 Å². The molecule has 3 heterocycles. The lowest BCUT2D eigenvalue weighted by molar-refractivity contribution is -0.159. The van der Waals surface area contributed by atoms with Crippen molar-refractivity contribution in [3.8, 4) is 11.4 Å². The van der Waals surface area contributed by atoms with Gasteiger partial charge in [-0.1, -0.05) is 30.1 Å². The number of hydrogen-bond donors (Lipinski definition) is 1. The second-order valence-corrected chi connectivity index (χ2v) is 9.13. The highest BCUT2D eigenvalue weighted by molar-refractivity contribution is 5.99. The maximum atomic E-state index is 13.4. The van der Waals surface area contributed by atoms with E-state index in [4.69, 9.17) is 4.74 Å². The van der Waals surface area contributed by atoms with Crippen LogP contribution in [-0.2, 0) is 22.3 Å². The summed E-state index contributed by atoms with van der Waals surface area (Å²) in [6, 6.07) is 4.60. The highest BCUT2D eigenvalue weighted by atomic mass is 19.4. The summed E-state index contributed by atoms with van der Waals surface area (Å²) >= 11 is 0. The Morgan fingerprint density at radius 2 is 2.06 bits per heavy atom. The number of nitrogens with zero attached hydrogens (tertiary/aromatic N) is 3. The van der Waals surface area contributed by atoms with E-state index in [1.165, 1.54) is 6.07 Å². The van der Waals surface area contributed by atoms with Gasteiger partial charge in [0.25, 0.3) is 5.91 Å². The highest BCUT2D eigenvalue weighted by Gasteiger charge is 2.46. The first kappa shape index (κ1) is 21.9. The third-order valence-corrected chi connectivity index (χ3v) is 6.82. The molecule has 2 amide bonds. The molecule has 0 radical (unpaired) electrons. The molecule has 0 unspecified atom stereocenters. The maximum Gasteiger partial charge on any atom is 0.471 e. The molecule has 2 atom stereocenters. The molecule has 1 saturated heterocycles. The summed E-state index contributed by atoms with van der Waals surface area (Å²) in [6.07, 6.45) is -1.34. The van der Waals surface area contributed by atoms with Gasteiger partial charge in [-0.3, -0.25) is 9.59 Å². The van der Waals surface area contributed by atoms with Crippen LogP contribution in [-0.4, -0.2) is 51.6 Å². The number of carbonyl (C=O) groups is 2. The van der Waals surface area contributed by atoms with Crippen molar-refractivity contribution in [1.29, 1.82) is 0 Å². The van der Waals surface area contributed by atoms with Crippen LogP contribution >= 0.6 is 0 Å². The molecule has 176 valence electrons. The van der Waals surface area contributed by atoms with E-state index >= 15 is 0 Å². The van der Waals surface area contributed by atoms with E-state index in [2.05, 4.69) is 20.0 Å². The van der Waals surface area contributed by atoms with Gasteiger partial charge in [0.1, 0.15) is 0 Å². The van der Waals surface area contributed by atoms with Crippen molar-refractivity contribution in [2.24, 2.45) is 5.92 Å². The lowest BCUT2D eigenvalue weighted by atomic mass is 9.77. The van der Waals surface area contributed by atoms with Crippen molar-refractivity contribution in [2.75, 3.05) is 13.2 Å². The van der Waals surface area contributed by atoms with Gasteiger partial charge in [0.05, 0.1) is 30.7 Å². The molecule has 0 bridgehead atoms. The van der Waals surface area contributed by atoms with Crippen molar-refractivity contribution in [3.05, 3.63) is 35.2 Å². The van der Waals surface area contributed by atoms with E-state index in [1.807, 2.05) is 6.92 Å². The summed E-state index contributed by atoms with van der Waals surface area (Å²) < 4.78 is 47.8. The summed E-state index contributed by atoms with van der Waals surface area (Å²) in [7, 11) is 0. The van der Waals surface area contributed by atoms with Crippen LogP contribution in [0.1, 0.15) is 54.4 Å². The molecule has 1 aromatic heterocycles. The standard InChI is InChI=1S/C22H23F3N4O4/c1-21(27-18(30)14-10-32-11-14)7-3-2-4-16(21)29-9-13-6-5-12(8-15(13)19(29)31)17-26-20(33-28-17)22(23,24)25/h5-6,8,14,16H,2-4,7,9-11H2,1H3,(H,27,30)/t16-,21-/m1/s1. The van der Waals surface area contributed by atoms with Crippen LogP contribution in [0.2, 0.25) is 0 Å². The van der Waals surface area contributed by atoms with Crippen LogP contribution in [0.4, 0.5) is 13.2 Å². The quantitative estimate of drug-likeness (QED) is 0.747. The third kappa shape index (κ3) is 3.88. The Balaban J connectivity index is 1.38. The minimum atomic E-state index is -4.74. The number of benzene rings is 1. The lowest BCUT2D eigenvalue weighted by Crippen LogP contribution is -2.63. The molecule has 1 aliphatic carbocycles. The van der Waals surface area contributed by atoms with Crippen LogP contribution in [0.5, 0.6) is 0 Å². The summed E-state index contributed by atoms with van der Waals surface area (Å²) in [5.41, 5.74) is 0.876. The minimum absolute atomic E-state index is 0.0559. The molecule has 2 aliphatic heterocycles. The molecule has 2 aromatic rings. The highest BCUT2D eigenvalue weighted by Crippen LogP contribution is 2.38. The van der Waals surface area contributed by atoms with Gasteiger partial charge in [0.2, 0.25) is 11.7 Å². The van der Waals surface area contributed by atoms with Crippen molar-refractivity contribution in [3.63, 3.8) is 0 Å². The number of aromatic nitrogens is 2. The van der Waals surface area contributed by atoms with Gasteiger partial charge < -0.3 is 19.5 Å². The summed E-state index contributed by atoms with van der Waals surface area (Å²) in [5.74, 6) is -2.09. The van der Waals surface area contributed by atoms with Crippen LogP contribution in [0, 0.1) is 5.92 Å². The Morgan fingerprint density at radius 1 is 1.27 bits per heavy atom. The van der Waals surface area contributed by atoms with Gasteiger partial charge in [-0.25, -0.2) is 0 Å². The zero-order valence-corrected chi connectivity index (χ0v) is 17.9. The van der Waals surface area contributed by atoms with Gasteiger partial charge in [-0.2, -0.15) is 18.2 Å². The Morgan fingerprint density at radius 3 is 2.73 bits per heavy atom. The Bertz CT molecular complexity index is 1100. The Hall–Kier alpha value is -2.95. The first-order chi connectivity index (χ1) is 15.7. The number of halogens is 3. The van der Waals surface area contributed by atoms with Gasteiger partial charge >= 0.3 is 12.1 Å². The number of fused-ring (bicyclic) bond motifs is 1. The summed E-state index contributed by atoms with van der Waals surface area (Å²) in [4.78, 5) is 31.2. The van der Waals surface area contributed by atoms with Crippen LogP contribution in [0.25, 0.3) is 11.4 Å². The number of alkyl halides is 3. The number of amides is 2. The van der Waals surface area contributed by atoms with Gasteiger partial charge in [0.15, 0.2) is 0 Å². The van der Waals surface area contributed by atoms with E-state index in [9.17, 15) is 22.8 Å². The van der Waals surface area contributed by atoms with E-state index in [0.29, 0.717) is 25.3 Å². The Kier molecular flexibility index (Phi) is 5.19. The predicted molar refractivity (Wildman–Crippen MR) is 108 cm³/mol. The number of hydrogen-bond acceptors (Lipinski definition) is 6. The molecule has 5 rings (SSSR count). The second kappa shape index (κ2) is 7.82. The second-order valence-electron chi connectivity index (χ2n) is 9.13. The third-order valence-electron chi connectivity index (χ3n) is 6.82. The van der Waals surface area contributed by atoms with E-state index in [0.717, 1.165) is 31.2 Å². The zero-order valence-electron chi connectivity index (χ0n) is 17.9. The normalized spacial score (nSPS) is 25.6. The van der Waals surface area contributed by atoms with Gasteiger partial charge in [0, 0.05) is 17.7 Å². The molecule has 0 spiro atoms. The summed E-state index contributed by atoms with van der Waals surface area (Å²) in [6.45, 7) is 3.18. The molecular formula is C22H23F3N4O4. The molecule has 33 heavy (non-hydrogen) atoms. The molecule has 11 heteroatoms. The topological polar surface area (TPSA) is 97.6 Å². The van der Waals surface area contributed by atoms with Crippen molar-refractivity contribution >= 4 is 11.8 Å². The fraction of sp³-hybridized carbons (Fsp3) is 0.545. The maximum absolute atomic E-state index is 13.4. The first-order valence-corrected chi connectivity index (χ1v) is 10.9. The molecule has 3 aliphatic rings. The molecular weight excluding hydrogens is 441 g/mol. The smallest absolute Gasteiger partial charge is 0.380 e. The molecule has 1 aromatic carbocycles. The van der Waals surface area contributed by atoms with E-state index in [1.54, 1.807) is 17.0 Å². The number of nitrogens with one attached hydrogen (secondary N) is 1. The number of carbonyl (C=O) groups excluding carboxylic acids is 2. The lowest BCUT2D eigenvalue weighted by Gasteiger charge is -2.47. The SMILES string of the molecule is C[C@@]1(NC(=O)C2COC2)CCCC[C@H]1N1Cc2ccc(-c3noc(C(F)(F)F)n3)cc2C1=O. The predicted octanol–water partition coefficient (Wildman–Crippen LogP) is 3.18. The van der Waals surface area contributed by atoms with Crippen LogP contribution in [0.3, 0.4) is 0 Å². The minimum Gasteiger partial charge on any atom is -0.380 e. The van der Waals surface area contributed by atoms with Crippen LogP contribution < -0.4 is 5.32 Å². The average molecular weight is 464 g/mol. The van der Waals surface area contributed by atoms with Crippen LogP contribution in [0.15, 0.2) is 22.7 Å². The van der Waals surface area contributed by atoms with E-state index < -0.39 is 17.6 Å².